The van der Waals surface area contributed by atoms with E-state index in [1.54, 1.807) is 6.07 Å². The third kappa shape index (κ3) is 1.77. The van der Waals surface area contributed by atoms with E-state index in [9.17, 15) is 5.21 Å². The summed E-state index contributed by atoms with van der Waals surface area (Å²) in [6.45, 7) is 6.26. The molecule has 0 saturated carbocycles. The van der Waals surface area contributed by atoms with E-state index in [0.717, 1.165) is 5.56 Å². The number of para-hydroxylation sites is 1. The molecule has 0 fully saturated rings. The lowest BCUT2D eigenvalue weighted by Gasteiger charge is -2.24. The van der Waals surface area contributed by atoms with Crippen LogP contribution in [0.5, 0.6) is 0 Å². The predicted molar refractivity (Wildman–Crippen MR) is 52.1 cm³/mol. The molecule has 2 heteroatoms. The fourth-order valence-electron chi connectivity index (χ4n) is 1.23. The predicted octanol–water partition coefficient (Wildman–Crippen LogP) is 2.89. The molecule has 1 aromatic carbocycles. The quantitative estimate of drug-likeness (QED) is 0.648. The maximum absolute atomic E-state index is 10.5. The highest BCUT2D eigenvalue weighted by Gasteiger charge is 2.15. The Labute approximate surface area is 73.2 Å². The van der Waals surface area contributed by atoms with E-state index in [0.29, 0.717) is 5.69 Å². The fourth-order valence-corrected chi connectivity index (χ4v) is 1.23. The molecule has 0 bridgehead atoms. The van der Waals surface area contributed by atoms with Crippen molar-refractivity contribution in [1.82, 2.24) is 0 Å². The van der Waals surface area contributed by atoms with E-state index < -0.39 is 0 Å². The molecule has 1 N–H and O–H groups in total. The molecule has 0 unspecified atom stereocenters. The molecule has 0 heterocycles. The summed E-state index contributed by atoms with van der Waals surface area (Å²) < 4.78 is 0. The highest BCUT2D eigenvalue weighted by Crippen LogP contribution is 2.28. The van der Waals surface area contributed by atoms with Crippen molar-refractivity contribution in [3.05, 3.63) is 35.0 Å². The summed E-state index contributed by atoms with van der Waals surface area (Å²) in [5.41, 5.74) is 3.70. The minimum Gasteiger partial charge on any atom is -0.761 e. The molecule has 66 valence electrons. The molecule has 0 saturated heterocycles. The number of hydrogen-bond donors (Lipinski definition) is 1. The Morgan fingerprint density at radius 2 is 1.75 bits per heavy atom. The van der Waals surface area contributed by atoms with Gasteiger partial charge in [0.1, 0.15) is 0 Å². The Balaban J connectivity index is 3.14. The van der Waals surface area contributed by atoms with Gasteiger partial charge >= 0.3 is 0 Å². The monoisotopic (exact) mass is 164 g/mol. The van der Waals surface area contributed by atoms with Crippen LogP contribution in [-0.4, -0.2) is 0 Å². The Morgan fingerprint density at radius 3 is 2.17 bits per heavy atom. The van der Waals surface area contributed by atoms with Crippen LogP contribution < -0.4 is 5.48 Å². The molecule has 1 aromatic rings. The van der Waals surface area contributed by atoms with Gasteiger partial charge in [-0.25, -0.2) is 0 Å². The van der Waals surface area contributed by atoms with Gasteiger partial charge in [0.15, 0.2) is 0 Å². The Kier molecular flexibility index (Phi) is 2.38. The maximum atomic E-state index is 10.5. The Morgan fingerprint density at radius 1 is 1.17 bits per heavy atom. The summed E-state index contributed by atoms with van der Waals surface area (Å²) in [6, 6.07) is 7.57. The molecule has 0 spiro atoms. The molecule has 0 radical (unpaired) electrons. The SMILES string of the molecule is CC(C)(C)c1ccccc1N[O-]. The van der Waals surface area contributed by atoms with E-state index in [1.165, 1.54) is 0 Å². The van der Waals surface area contributed by atoms with Gasteiger partial charge in [0.05, 0.1) is 0 Å². The number of anilines is 1. The summed E-state index contributed by atoms with van der Waals surface area (Å²) in [5.74, 6) is 0. The zero-order chi connectivity index (χ0) is 9.19. The number of rotatable bonds is 1. The first-order valence-electron chi connectivity index (χ1n) is 4.03. The Hall–Kier alpha value is -1.02. The molecule has 2 nitrogen and oxygen atoms in total. The highest BCUT2D eigenvalue weighted by atomic mass is 16.5. The summed E-state index contributed by atoms with van der Waals surface area (Å²) in [5, 5.41) is 10.5. The molecule has 0 aliphatic heterocycles. The first-order chi connectivity index (χ1) is 5.55. The van der Waals surface area contributed by atoms with Gasteiger partial charge in [-0.1, -0.05) is 39.0 Å². The van der Waals surface area contributed by atoms with E-state index in [-0.39, 0.29) is 5.41 Å². The van der Waals surface area contributed by atoms with Crippen LogP contribution in [0.2, 0.25) is 0 Å². The van der Waals surface area contributed by atoms with Crippen LogP contribution in [0, 0.1) is 5.21 Å². The second-order valence-electron chi connectivity index (χ2n) is 3.90. The third-order valence-electron chi connectivity index (χ3n) is 1.85. The Bertz CT molecular complexity index is 263. The fraction of sp³-hybridized carbons (Fsp3) is 0.400. The highest BCUT2D eigenvalue weighted by molar-refractivity contribution is 5.54. The first-order valence-corrected chi connectivity index (χ1v) is 4.03. The van der Waals surface area contributed by atoms with Gasteiger partial charge in [-0.2, -0.15) is 0 Å². The van der Waals surface area contributed by atoms with Gasteiger partial charge in [-0.3, -0.25) is 0 Å². The summed E-state index contributed by atoms with van der Waals surface area (Å²) >= 11 is 0. The van der Waals surface area contributed by atoms with Crippen molar-refractivity contribution in [1.29, 1.82) is 0 Å². The van der Waals surface area contributed by atoms with Gasteiger partial charge in [-0.05, 0) is 17.0 Å². The molecule has 0 aromatic heterocycles. The van der Waals surface area contributed by atoms with Crippen molar-refractivity contribution in [3.8, 4) is 0 Å². The summed E-state index contributed by atoms with van der Waals surface area (Å²) in [4.78, 5) is 0. The van der Waals surface area contributed by atoms with Crippen molar-refractivity contribution in [3.63, 3.8) is 0 Å². The lowest BCUT2D eigenvalue weighted by atomic mass is 9.86. The molecule has 12 heavy (non-hydrogen) atoms. The topological polar surface area (TPSA) is 35.1 Å². The zero-order valence-electron chi connectivity index (χ0n) is 7.72. The normalized spacial score (nSPS) is 11.3. The summed E-state index contributed by atoms with van der Waals surface area (Å²) in [7, 11) is 0. The van der Waals surface area contributed by atoms with E-state index in [1.807, 2.05) is 23.7 Å². The van der Waals surface area contributed by atoms with Crippen molar-refractivity contribution in [2.75, 3.05) is 5.48 Å². The van der Waals surface area contributed by atoms with E-state index in [4.69, 9.17) is 0 Å². The average Bonchev–Trinajstić information content (AvgIpc) is 2.03. The zero-order valence-corrected chi connectivity index (χ0v) is 7.72. The van der Waals surface area contributed by atoms with Crippen molar-refractivity contribution >= 4 is 5.69 Å². The van der Waals surface area contributed by atoms with Crippen molar-refractivity contribution in [2.24, 2.45) is 0 Å². The van der Waals surface area contributed by atoms with E-state index >= 15 is 0 Å². The summed E-state index contributed by atoms with van der Waals surface area (Å²) in [6.07, 6.45) is 0. The van der Waals surface area contributed by atoms with Gasteiger partial charge in [0.25, 0.3) is 0 Å². The second kappa shape index (κ2) is 3.15. The number of hydrogen-bond acceptors (Lipinski definition) is 2. The van der Waals surface area contributed by atoms with Gasteiger partial charge < -0.3 is 10.7 Å². The molecule has 0 aliphatic rings. The van der Waals surface area contributed by atoms with Gasteiger partial charge in [0, 0.05) is 5.69 Å². The largest absolute Gasteiger partial charge is 0.761 e. The minimum atomic E-state index is 0.0218. The van der Waals surface area contributed by atoms with Crippen LogP contribution in [0.1, 0.15) is 26.3 Å². The maximum Gasteiger partial charge on any atom is 0.0271 e. The average molecular weight is 164 g/mol. The molecule has 0 aliphatic carbocycles. The molecular weight excluding hydrogens is 150 g/mol. The lowest BCUT2D eigenvalue weighted by Crippen LogP contribution is -2.13. The van der Waals surface area contributed by atoms with Crippen LogP contribution >= 0.6 is 0 Å². The third-order valence-corrected chi connectivity index (χ3v) is 1.85. The molecular formula is C10H14NO-. The van der Waals surface area contributed by atoms with Gasteiger partial charge in [0.2, 0.25) is 0 Å². The standard InChI is InChI=1S/C10H14NO/c1-10(2,3)8-6-4-5-7-9(8)11-12/h4-7,11H,1-3H3/q-1. The van der Waals surface area contributed by atoms with Crippen LogP contribution in [0.25, 0.3) is 0 Å². The van der Waals surface area contributed by atoms with Crippen LogP contribution in [-0.2, 0) is 5.41 Å². The van der Waals surface area contributed by atoms with Crippen LogP contribution in [0.15, 0.2) is 24.3 Å². The minimum absolute atomic E-state index is 0.0218. The van der Waals surface area contributed by atoms with E-state index in [2.05, 4.69) is 20.8 Å². The number of benzene rings is 1. The smallest absolute Gasteiger partial charge is 0.0271 e. The van der Waals surface area contributed by atoms with Crippen LogP contribution in [0.4, 0.5) is 5.69 Å². The number of nitrogens with one attached hydrogen (secondary N) is 1. The lowest BCUT2D eigenvalue weighted by molar-refractivity contribution is 0.592. The van der Waals surface area contributed by atoms with Gasteiger partial charge in [-0.15, -0.1) is 0 Å². The van der Waals surface area contributed by atoms with Crippen molar-refractivity contribution in [2.45, 2.75) is 26.2 Å². The van der Waals surface area contributed by atoms with Crippen LogP contribution in [0.3, 0.4) is 0 Å². The molecule has 0 atom stereocenters. The molecule has 0 amide bonds. The first kappa shape index (κ1) is 9.07. The second-order valence-corrected chi connectivity index (χ2v) is 3.90. The van der Waals surface area contributed by atoms with Crippen molar-refractivity contribution < 1.29 is 0 Å². The molecule has 1 rings (SSSR count).